The minimum absolute atomic E-state index is 0.0386. The lowest BCUT2D eigenvalue weighted by atomic mass is 9.72. The molecule has 1 aromatic heterocycles. The molecule has 7 nitrogen and oxygen atoms in total. The van der Waals surface area contributed by atoms with Crippen LogP contribution in [0.15, 0.2) is 78.9 Å². The van der Waals surface area contributed by atoms with E-state index in [2.05, 4.69) is 44.8 Å². The molecule has 0 aliphatic rings. The van der Waals surface area contributed by atoms with Gasteiger partial charge in [0.1, 0.15) is 34.0 Å². The van der Waals surface area contributed by atoms with Crippen molar-refractivity contribution in [3.05, 3.63) is 107 Å². The van der Waals surface area contributed by atoms with Crippen molar-refractivity contribution in [2.24, 2.45) is 5.41 Å². The minimum Gasteiger partial charge on any atom is -0.507 e. The summed E-state index contributed by atoms with van der Waals surface area (Å²) in [7, 11) is 1.52. The summed E-state index contributed by atoms with van der Waals surface area (Å²) in [4.78, 5) is 14.8. The van der Waals surface area contributed by atoms with Gasteiger partial charge in [0.25, 0.3) is 0 Å². The molecule has 5 rings (SSSR count). The quantitative estimate of drug-likeness (QED) is 0.191. The van der Waals surface area contributed by atoms with E-state index in [9.17, 15) is 15.0 Å². The van der Waals surface area contributed by atoms with Crippen LogP contribution in [0, 0.1) is 5.41 Å². The van der Waals surface area contributed by atoms with Crippen molar-refractivity contribution in [1.82, 2.24) is 15.0 Å². The van der Waals surface area contributed by atoms with Crippen LogP contribution >= 0.6 is 0 Å². The first kappa shape index (κ1) is 28.9. The molecule has 7 heteroatoms. The van der Waals surface area contributed by atoms with Crippen LogP contribution in [-0.2, 0) is 11.8 Å². The van der Waals surface area contributed by atoms with Crippen LogP contribution in [0.3, 0.4) is 0 Å². The highest BCUT2D eigenvalue weighted by Crippen LogP contribution is 2.41. The molecule has 0 fully saturated rings. The van der Waals surface area contributed by atoms with Crippen LogP contribution in [0.5, 0.6) is 17.2 Å². The number of ketones is 1. The monoisotopic (exact) mass is 563 g/mol. The second-order valence-corrected chi connectivity index (χ2v) is 12.7. The van der Waals surface area contributed by atoms with Gasteiger partial charge < -0.3 is 14.9 Å². The second-order valence-electron chi connectivity index (χ2n) is 12.7. The van der Waals surface area contributed by atoms with Crippen LogP contribution in [0.2, 0.25) is 0 Å². The van der Waals surface area contributed by atoms with Crippen LogP contribution in [-0.4, -0.2) is 38.1 Å². The van der Waals surface area contributed by atoms with E-state index in [0.29, 0.717) is 28.1 Å². The van der Waals surface area contributed by atoms with E-state index in [-0.39, 0.29) is 40.1 Å². The minimum atomic E-state index is -0.297. The maximum Gasteiger partial charge on any atom is 0.196 e. The summed E-state index contributed by atoms with van der Waals surface area (Å²) < 4.78 is 5.61. The molecule has 0 amide bonds. The molecule has 0 saturated heterocycles. The van der Waals surface area contributed by atoms with Gasteiger partial charge >= 0.3 is 0 Å². The molecule has 0 radical (unpaired) electrons. The standard InChI is InChI=1S/C35H37N3O4/c1-34(2,3)21-35(4,5)25-17-24(33(41)29(19-25)38-36-27-14-10-11-15-28(27)37-38)16-23-18-26(30(39)20-31(23)42-6)32(40)22-12-8-7-9-13-22/h7-15,17-20,39,41H,16,21H2,1-6H3. The number of phenolic OH excluding ortho intramolecular Hbond substituents is 2. The van der Waals surface area contributed by atoms with Crippen molar-refractivity contribution in [3.8, 4) is 22.9 Å². The summed E-state index contributed by atoms with van der Waals surface area (Å²) in [6.07, 6.45) is 1.15. The Balaban J connectivity index is 1.66. The number of aromatic hydroxyl groups is 2. The Bertz CT molecular complexity index is 1730. The van der Waals surface area contributed by atoms with Gasteiger partial charge in [0.05, 0.1) is 12.7 Å². The molecule has 0 spiro atoms. The fourth-order valence-corrected chi connectivity index (χ4v) is 5.83. The van der Waals surface area contributed by atoms with Gasteiger partial charge in [-0.3, -0.25) is 4.79 Å². The van der Waals surface area contributed by atoms with Crippen LogP contribution in [0.4, 0.5) is 0 Å². The molecule has 0 unspecified atom stereocenters. The van der Waals surface area contributed by atoms with E-state index in [0.717, 1.165) is 23.0 Å². The molecular formula is C35H37N3O4. The van der Waals surface area contributed by atoms with Gasteiger partial charge in [0.15, 0.2) is 5.78 Å². The number of methoxy groups -OCH3 is 1. The Labute approximate surface area is 246 Å². The van der Waals surface area contributed by atoms with E-state index in [1.54, 1.807) is 30.3 Å². The summed E-state index contributed by atoms with van der Waals surface area (Å²) in [6.45, 7) is 11.0. The summed E-state index contributed by atoms with van der Waals surface area (Å²) >= 11 is 0. The Morgan fingerprint density at radius 2 is 1.45 bits per heavy atom. The van der Waals surface area contributed by atoms with Gasteiger partial charge in [-0.25, -0.2) is 0 Å². The fourth-order valence-electron chi connectivity index (χ4n) is 5.83. The molecule has 0 aliphatic carbocycles. The van der Waals surface area contributed by atoms with Gasteiger partial charge in [-0.1, -0.05) is 83.1 Å². The van der Waals surface area contributed by atoms with E-state index in [1.165, 1.54) is 18.0 Å². The Hall–Kier alpha value is -4.65. The highest BCUT2D eigenvalue weighted by molar-refractivity contribution is 6.10. The van der Waals surface area contributed by atoms with Crippen molar-refractivity contribution in [2.75, 3.05) is 7.11 Å². The molecule has 4 aromatic carbocycles. The number of fused-ring (bicyclic) bond motifs is 1. The number of hydrogen-bond donors (Lipinski definition) is 2. The van der Waals surface area contributed by atoms with Gasteiger partial charge in [-0.05, 0) is 52.6 Å². The van der Waals surface area contributed by atoms with E-state index in [4.69, 9.17) is 4.74 Å². The largest absolute Gasteiger partial charge is 0.507 e. The third kappa shape index (κ3) is 5.86. The first-order chi connectivity index (χ1) is 19.9. The summed E-state index contributed by atoms with van der Waals surface area (Å²) in [5.74, 6) is -0.00619. The van der Waals surface area contributed by atoms with E-state index in [1.807, 2.05) is 42.5 Å². The molecule has 5 aromatic rings. The first-order valence-corrected chi connectivity index (χ1v) is 14.0. The van der Waals surface area contributed by atoms with Gasteiger partial charge in [0.2, 0.25) is 0 Å². The average Bonchev–Trinajstić information content (AvgIpc) is 3.37. The number of nitrogens with zero attached hydrogens (tertiary/aromatic N) is 3. The molecule has 216 valence electrons. The number of carbonyl (C=O) groups excluding carboxylic acids is 1. The van der Waals surface area contributed by atoms with Crippen molar-refractivity contribution < 1.29 is 19.7 Å². The van der Waals surface area contributed by atoms with E-state index >= 15 is 0 Å². The molecule has 1 heterocycles. The lowest BCUT2D eigenvalue weighted by Crippen LogP contribution is -2.25. The fraction of sp³-hybridized carbons (Fsp3) is 0.286. The van der Waals surface area contributed by atoms with Crippen molar-refractivity contribution in [1.29, 1.82) is 0 Å². The number of ether oxygens (including phenoxy) is 1. The zero-order chi connectivity index (χ0) is 30.2. The highest BCUT2D eigenvalue weighted by atomic mass is 16.5. The maximum absolute atomic E-state index is 13.3. The molecule has 42 heavy (non-hydrogen) atoms. The predicted molar refractivity (Wildman–Crippen MR) is 165 cm³/mol. The van der Waals surface area contributed by atoms with Crippen molar-refractivity contribution in [2.45, 2.75) is 52.9 Å². The van der Waals surface area contributed by atoms with Crippen LogP contribution in [0.25, 0.3) is 16.7 Å². The van der Waals surface area contributed by atoms with Crippen molar-refractivity contribution in [3.63, 3.8) is 0 Å². The smallest absolute Gasteiger partial charge is 0.196 e. The molecule has 0 aliphatic heterocycles. The van der Waals surface area contributed by atoms with Gasteiger partial charge in [-0.2, -0.15) is 0 Å². The first-order valence-electron chi connectivity index (χ1n) is 14.0. The Morgan fingerprint density at radius 1 is 0.833 bits per heavy atom. The van der Waals surface area contributed by atoms with E-state index < -0.39 is 0 Å². The van der Waals surface area contributed by atoms with Gasteiger partial charge in [0, 0.05) is 23.6 Å². The second kappa shape index (κ2) is 11.0. The third-order valence-corrected chi connectivity index (χ3v) is 7.48. The van der Waals surface area contributed by atoms with Crippen molar-refractivity contribution >= 4 is 16.8 Å². The van der Waals surface area contributed by atoms with Gasteiger partial charge in [-0.15, -0.1) is 15.0 Å². The number of phenols is 2. The summed E-state index contributed by atoms with van der Waals surface area (Å²) in [5, 5.41) is 31.7. The number of benzene rings is 4. The molecule has 0 bridgehead atoms. The lowest BCUT2D eigenvalue weighted by molar-refractivity contribution is 0.103. The Morgan fingerprint density at radius 3 is 2.05 bits per heavy atom. The predicted octanol–water partition coefficient (Wildman–Crippen LogP) is 7.38. The topological polar surface area (TPSA) is 97.5 Å². The Kier molecular flexibility index (Phi) is 7.54. The third-order valence-electron chi connectivity index (χ3n) is 7.48. The summed E-state index contributed by atoms with van der Waals surface area (Å²) in [5.41, 5.74) is 4.69. The number of aromatic nitrogens is 3. The summed E-state index contributed by atoms with van der Waals surface area (Å²) in [6, 6.07) is 23.5. The molecule has 2 N–H and O–H groups in total. The molecule has 0 saturated carbocycles. The zero-order valence-electron chi connectivity index (χ0n) is 25.0. The normalized spacial score (nSPS) is 12.0. The zero-order valence-corrected chi connectivity index (χ0v) is 25.0. The lowest BCUT2D eigenvalue weighted by Gasteiger charge is -2.33. The number of carbonyl (C=O) groups is 1. The van der Waals surface area contributed by atoms with Crippen LogP contribution < -0.4 is 4.74 Å². The maximum atomic E-state index is 13.3. The SMILES string of the molecule is COc1cc(O)c(C(=O)c2ccccc2)cc1Cc1cc(C(C)(C)CC(C)(C)C)cc(-n2nc3ccccc3n2)c1O. The van der Waals surface area contributed by atoms with Crippen LogP contribution in [0.1, 0.15) is 73.7 Å². The molecular weight excluding hydrogens is 526 g/mol. The number of rotatable bonds is 8. The average molecular weight is 564 g/mol. The molecule has 0 atom stereocenters. The highest BCUT2D eigenvalue weighted by Gasteiger charge is 2.30. The number of hydrogen-bond acceptors (Lipinski definition) is 6.